The monoisotopic (exact) mass is 746 g/mol. The molecule has 3 aliphatic carbocycles. The highest BCUT2D eigenvalue weighted by molar-refractivity contribution is 6.01. The highest BCUT2D eigenvalue weighted by atomic mass is 16.5. The van der Waals surface area contributed by atoms with Crippen molar-refractivity contribution in [2.75, 3.05) is 0 Å². The quantitative estimate of drug-likeness (QED) is 0.163. The first kappa shape index (κ1) is 31.6. The van der Waals surface area contributed by atoms with Crippen LogP contribution in [0.5, 0.6) is 11.5 Å². The van der Waals surface area contributed by atoms with Gasteiger partial charge in [-0.25, -0.2) is 0 Å². The number of hydrogen-bond acceptors (Lipinski definition) is 1. The predicted molar refractivity (Wildman–Crippen MR) is 241 cm³/mol. The zero-order valence-electron chi connectivity index (χ0n) is 32.0. The van der Waals surface area contributed by atoms with E-state index >= 15 is 0 Å². The fourth-order valence-electron chi connectivity index (χ4n) is 11.8. The van der Waals surface area contributed by atoms with E-state index in [1.807, 2.05) is 0 Å². The maximum absolute atomic E-state index is 7.00. The molecular formula is C58H34O. The summed E-state index contributed by atoms with van der Waals surface area (Å²) in [4.78, 5) is 0. The van der Waals surface area contributed by atoms with Crippen molar-refractivity contribution in [1.82, 2.24) is 0 Å². The lowest BCUT2D eigenvalue weighted by Crippen LogP contribution is -2.32. The first-order valence-corrected chi connectivity index (χ1v) is 20.7. The number of rotatable bonds is 1. The summed E-state index contributed by atoms with van der Waals surface area (Å²) in [7, 11) is 0. The van der Waals surface area contributed by atoms with E-state index in [4.69, 9.17) is 4.74 Å². The zero-order valence-corrected chi connectivity index (χ0v) is 32.0. The van der Waals surface area contributed by atoms with Crippen LogP contribution in [0.1, 0.15) is 44.5 Å². The Kier molecular flexibility index (Phi) is 5.96. The van der Waals surface area contributed by atoms with Gasteiger partial charge >= 0.3 is 0 Å². The predicted octanol–water partition coefficient (Wildman–Crippen LogP) is 14.5. The SMILES string of the molecule is c1ccc2c(c1)-c1ccccc1C21c2cc(-c3ccc4c(c3)C3(c5ccccc5-4)c4ccccc4-c4cc5ccccc5cc43)ccc2Oc2cc3ccccc3cc21. The van der Waals surface area contributed by atoms with Gasteiger partial charge in [-0.05, 0) is 142 Å². The van der Waals surface area contributed by atoms with E-state index in [1.54, 1.807) is 0 Å². The van der Waals surface area contributed by atoms with Gasteiger partial charge in [-0.2, -0.15) is 0 Å². The molecule has 1 heteroatoms. The third-order valence-corrected chi connectivity index (χ3v) is 14.1. The summed E-state index contributed by atoms with van der Waals surface area (Å²) in [5, 5.41) is 4.93. The molecule has 10 aromatic rings. The average Bonchev–Trinajstić information content (AvgIpc) is 3.87. The fraction of sp³-hybridized carbons (Fsp3) is 0.0345. The maximum atomic E-state index is 7.00. The van der Waals surface area contributed by atoms with Crippen molar-refractivity contribution < 1.29 is 4.74 Å². The zero-order chi connectivity index (χ0) is 38.5. The lowest BCUT2D eigenvalue weighted by molar-refractivity contribution is 0.437. The van der Waals surface area contributed by atoms with Crippen LogP contribution in [-0.4, -0.2) is 0 Å². The molecule has 272 valence electrons. The molecule has 0 saturated carbocycles. The second kappa shape index (κ2) is 11.1. The van der Waals surface area contributed by atoms with Gasteiger partial charge in [-0.1, -0.05) is 164 Å². The van der Waals surface area contributed by atoms with Crippen LogP contribution >= 0.6 is 0 Å². The highest BCUT2D eigenvalue weighted by Crippen LogP contribution is 2.65. The molecule has 1 nitrogen and oxygen atoms in total. The molecule has 0 aromatic heterocycles. The number of ether oxygens (including phenoxy) is 1. The number of benzene rings is 10. The Bertz CT molecular complexity index is 3450. The van der Waals surface area contributed by atoms with Crippen LogP contribution in [0.3, 0.4) is 0 Å². The molecule has 1 heterocycles. The molecule has 0 bridgehead atoms. The molecular weight excluding hydrogens is 713 g/mol. The molecule has 14 rings (SSSR count). The van der Waals surface area contributed by atoms with E-state index < -0.39 is 10.8 Å². The fourth-order valence-corrected chi connectivity index (χ4v) is 11.8. The maximum Gasteiger partial charge on any atom is 0.132 e. The smallest absolute Gasteiger partial charge is 0.132 e. The van der Waals surface area contributed by atoms with Crippen LogP contribution in [0.2, 0.25) is 0 Å². The molecule has 0 fully saturated rings. The van der Waals surface area contributed by atoms with Gasteiger partial charge in [-0.3, -0.25) is 0 Å². The van der Waals surface area contributed by atoms with Gasteiger partial charge in [0.1, 0.15) is 11.5 Å². The van der Waals surface area contributed by atoms with Crippen molar-refractivity contribution in [1.29, 1.82) is 0 Å². The highest BCUT2D eigenvalue weighted by Gasteiger charge is 2.53. The first-order valence-electron chi connectivity index (χ1n) is 20.7. The van der Waals surface area contributed by atoms with E-state index in [9.17, 15) is 0 Å². The Hall–Kier alpha value is -7.48. The third kappa shape index (κ3) is 3.82. The van der Waals surface area contributed by atoms with Crippen LogP contribution in [0.4, 0.5) is 0 Å². The summed E-state index contributed by atoms with van der Waals surface area (Å²) in [6.07, 6.45) is 0. The van der Waals surface area contributed by atoms with Crippen molar-refractivity contribution in [3.63, 3.8) is 0 Å². The Morgan fingerprint density at radius 2 is 0.610 bits per heavy atom. The number of hydrogen-bond donors (Lipinski definition) is 0. The van der Waals surface area contributed by atoms with Crippen LogP contribution in [0, 0.1) is 0 Å². The second-order valence-electron chi connectivity index (χ2n) is 16.7. The standard InChI is InChI=1S/C58H34O/c1-2-14-36-30-52-46(29-35(36)13-1)44-20-8-12-24-50(44)57(52)47-21-9-7-19-43(47)45-27-25-39(31-51(45)57)40-26-28-55-53(33-40)58(54-32-37-15-3-4-16-38(37)34-56(54)59-55)48-22-10-5-17-41(48)42-18-6-11-23-49(42)58/h1-34H. The van der Waals surface area contributed by atoms with Crippen molar-refractivity contribution in [3.05, 3.63) is 251 Å². The topological polar surface area (TPSA) is 9.23 Å². The normalized spacial score (nSPS) is 16.5. The van der Waals surface area contributed by atoms with Crippen LogP contribution in [-0.2, 0) is 10.8 Å². The van der Waals surface area contributed by atoms with Crippen molar-refractivity contribution in [2.24, 2.45) is 0 Å². The summed E-state index contributed by atoms with van der Waals surface area (Å²) in [6.45, 7) is 0. The minimum absolute atomic E-state index is 0.445. The second-order valence-corrected chi connectivity index (χ2v) is 16.7. The van der Waals surface area contributed by atoms with Gasteiger partial charge in [0.15, 0.2) is 0 Å². The molecule has 0 saturated heterocycles. The lowest BCUT2D eigenvalue weighted by atomic mass is 9.65. The van der Waals surface area contributed by atoms with Crippen LogP contribution in [0.15, 0.2) is 206 Å². The summed E-state index contributed by atoms with van der Waals surface area (Å²) in [5.74, 6) is 1.82. The minimum atomic E-state index is -0.561. The van der Waals surface area contributed by atoms with Crippen molar-refractivity contribution in [2.45, 2.75) is 10.8 Å². The van der Waals surface area contributed by atoms with Crippen molar-refractivity contribution in [3.8, 4) is 56.0 Å². The molecule has 4 aliphatic rings. The molecule has 1 atom stereocenters. The molecule has 10 aromatic carbocycles. The third-order valence-electron chi connectivity index (χ3n) is 14.1. The minimum Gasteiger partial charge on any atom is -0.457 e. The molecule has 1 aliphatic heterocycles. The molecule has 0 amide bonds. The molecule has 0 radical (unpaired) electrons. The summed E-state index contributed by atoms with van der Waals surface area (Å²) >= 11 is 0. The molecule has 0 N–H and O–H groups in total. The van der Waals surface area contributed by atoms with Gasteiger partial charge in [0.05, 0.1) is 10.8 Å². The summed E-state index contributed by atoms with van der Waals surface area (Å²) < 4.78 is 7.00. The first-order chi connectivity index (χ1) is 29.2. The Labute approximate surface area is 342 Å². The Morgan fingerprint density at radius 3 is 1.19 bits per heavy atom. The molecule has 59 heavy (non-hydrogen) atoms. The average molecular weight is 747 g/mol. The van der Waals surface area contributed by atoms with E-state index in [2.05, 4.69) is 206 Å². The Morgan fingerprint density at radius 1 is 0.237 bits per heavy atom. The van der Waals surface area contributed by atoms with Gasteiger partial charge in [0, 0.05) is 11.1 Å². The van der Waals surface area contributed by atoms with Gasteiger partial charge < -0.3 is 4.74 Å². The van der Waals surface area contributed by atoms with Gasteiger partial charge in [0.25, 0.3) is 0 Å². The van der Waals surface area contributed by atoms with E-state index in [0.29, 0.717) is 0 Å². The van der Waals surface area contributed by atoms with E-state index in [0.717, 1.165) is 11.5 Å². The summed E-state index contributed by atoms with van der Waals surface area (Å²) in [6, 6.07) is 77.3. The van der Waals surface area contributed by atoms with E-state index in [1.165, 1.54) is 111 Å². The Balaban J connectivity index is 1.04. The molecule has 1 unspecified atom stereocenters. The lowest BCUT2D eigenvalue weighted by Gasteiger charge is -2.40. The van der Waals surface area contributed by atoms with E-state index in [-0.39, 0.29) is 0 Å². The van der Waals surface area contributed by atoms with Gasteiger partial charge in [-0.15, -0.1) is 0 Å². The summed E-state index contributed by atoms with van der Waals surface area (Å²) in [5.41, 5.74) is 19.6. The van der Waals surface area contributed by atoms with Gasteiger partial charge in [0.2, 0.25) is 0 Å². The van der Waals surface area contributed by atoms with Crippen LogP contribution < -0.4 is 4.74 Å². The van der Waals surface area contributed by atoms with Crippen molar-refractivity contribution >= 4 is 21.5 Å². The van der Waals surface area contributed by atoms with Crippen LogP contribution in [0.25, 0.3) is 66.1 Å². The largest absolute Gasteiger partial charge is 0.457 e. The number of fused-ring (bicyclic) bond motifs is 21. The molecule has 2 spiro atoms.